The largest absolute Gasteiger partial charge is 0.497 e. The number of aliphatic imine (C=N–C) groups is 1. The number of methoxy groups -OCH3 is 2. The maximum absolute atomic E-state index is 13.2. The second-order valence-electron chi connectivity index (χ2n) is 7.81. The summed E-state index contributed by atoms with van der Waals surface area (Å²) < 4.78 is 50.5. The Morgan fingerprint density at radius 2 is 1.54 bits per heavy atom. The van der Waals surface area contributed by atoms with Crippen molar-refractivity contribution in [2.24, 2.45) is 4.99 Å². The van der Waals surface area contributed by atoms with Crippen LogP contribution in [0.15, 0.2) is 83.9 Å². The number of ether oxygens (including phenoxy) is 2. The predicted molar refractivity (Wildman–Crippen MR) is 123 cm³/mol. The number of amidine groups is 1. The fraction of sp³-hybridized carbons (Fsp3) is 0.231. The summed E-state index contributed by atoms with van der Waals surface area (Å²) in [6, 6.07) is 21.7. The lowest BCUT2D eigenvalue weighted by Crippen LogP contribution is -2.39. The van der Waals surface area contributed by atoms with Crippen LogP contribution in [0.25, 0.3) is 0 Å². The van der Waals surface area contributed by atoms with Gasteiger partial charge in [0.2, 0.25) is 0 Å². The van der Waals surface area contributed by atoms with Gasteiger partial charge in [-0.05, 0) is 29.3 Å². The van der Waals surface area contributed by atoms with Crippen molar-refractivity contribution >= 4 is 11.8 Å². The fourth-order valence-electron chi connectivity index (χ4n) is 4.02. The molecule has 0 saturated carbocycles. The molecular formula is C26H23F3N2O4. The molecule has 0 bridgehead atoms. The Hall–Kier alpha value is -4.01. The zero-order valence-corrected chi connectivity index (χ0v) is 19.0. The highest BCUT2D eigenvalue weighted by molar-refractivity contribution is 5.88. The Morgan fingerprint density at radius 1 is 0.914 bits per heavy atom. The first-order valence-corrected chi connectivity index (χ1v) is 10.8. The van der Waals surface area contributed by atoms with E-state index in [-0.39, 0.29) is 12.3 Å². The van der Waals surface area contributed by atoms with E-state index >= 15 is 0 Å². The number of hydrogen-bond acceptors (Lipinski definition) is 6. The summed E-state index contributed by atoms with van der Waals surface area (Å²) in [5.41, 5.74) is 2.02. The molecule has 35 heavy (non-hydrogen) atoms. The molecule has 0 radical (unpaired) electrons. The molecule has 0 saturated heterocycles. The molecule has 0 aromatic heterocycles. The van der Waals surface area contributed by atoms with Crippen molar-refractivity contribution in [2.75, 3.05) is 14.2 Å². The van der Waals surface area contributed by atoms with Crippen molar-refractivity contribution in [3.05, 3.63) is 95.6 Å². The van der Waals surface area contributed by atoms with E-state index in [1.54, 1.807) is 48.5 Å². The maximum atomic E-state index is 13.2. The molecule has 3 aromatic rings. The number of hydrogen-bond donors (Lipinski definition) is 0. The summed E-state index contributed by atoms with van der Waals surface area (Å²) in [4.78, 5) is 21.7. The average molecular weight is 484 g/mol. The maximum Gasteiger partial charge on any atom is 0.493 e. The first-order chi connectivity index (χ1) is 16.8. The van der Waals surface area contributed by atoms with Gasteiger partial charge in [-0.15, -0.1) is 0 Å². The van der Waals surface area contributed by atoms with Crippen LogP contribution in [-0.2, 0) is 16.1 Å². The number of nitrogens with zero attached hydrogens (tertiary/aromatic N) is 2. The van der Waals surface area contributed by atoms with Gasteiger partial charge in [0, 0.05) is 12.0 Å². The number of hydroxylamine groups is 2. The molecule has 0 spiro atoms. The lowest BCUT2D eigenvalue weighted by molar-refractivity contribution is -0.230. The van der Waals surface area contributed by atoms with Crippen molar-refractivity contribution in [1.29, 1.82) is 0 Å². The van der Waals surface area contributed by atoms with Crippen LogP contribution < -0.4 is 9.47 Å². The standard InChI is InChI=1S/C26H23F3N2O4/c1-33-20-13-14-21(34-2)19(15-20)16-22-30-23(17-9-5-3-6-10-17)24(18-11-7-4-8-12-18)31(22)35-25(32)26(27,28)29/h3-15,23-24H,16H2,1-2H3. The Morgan fingerprint density at radius 3 is 2.11 bits per heavy atom. The first kappa shape index (κ1) is 24.1. The number of carbonyl (C=O) groups excluding carboxylic acids is 1. The van der Waals surface area contributed by atoms with Gasteiger partial charge < -0.3 is 14.3 Å². The lowest BCUT2D eigenvalue weighted by atomic mass is 9.94. The zero-order chi connectivity index (χ0) is 25.0. The molecule has 3 aromatic carbocycles. The van der Waals surface area contributed by atoms with E-state index in [4.69, 9.17) is 19.3 Å². The van der Waals surface area contributed by atoms with Crippen LogP contribution in [0.3, 0.4) is 0 Å². The zero-order valence-electron chi connectivity index (χ0n) is 19.0. The van der Waals surface area contributed by atoms with Crippen LogP contribution in [0.1, 0.15) is 28.8 Å². The Bertz CT molecular complexity index is 1200. The molecular weight excluding hydrogens is 461 g/mol. The summed E-state index contributed by atoms with van der Waals surface area (Å²) in [6.07, 6.45) is -5.14. The SMILES string of the molecule is COc1ccc(OC)c(CC2=NC(c3ccccc3)C(c3ccccc3)N2OC(=O)C(F)(F)F)c1. The second-order valence-corrected chi connectivity index (χ2v) is 7.81. The predicted octanol–water partition coefficient (Wildman–Crippen LogP) is 5.46. The summed E-state index contributed by atoms with van der Waals surface area (Å²) in [7, 11) is 3.00. The molecule has 1 aliphatic heterocycles. The van der Waals surface area contributed by atoms with Gasteiger partial charge >= 0.3 is 12.1 Å². The van der Waals surface area contributed by atoms with Crippen molar-refractivity contribution in [1.82, 2.24) is 5.06 Å². The summed E-state index contributed by atoms with van der Waals surface area (Å²) in [6.45, 7) is 0. The molecule has 1 heterocycles. The molecule has 6 nitrogen and oxygen atoms in total. The van der Waals surface area contributed by atoms with Gasteiger partial charge in [-0.25, -0.2) is 4.79 Å². The van der Waals surface area contributed by atoms with Gasteiger partial charge in [0.05, 0.1) is 14.2 Å². The molecule has 1 aliphatic rings. The van der Waals surface area contributed by atoms with Crippen LogP contribution in [0.2, 0.25) is 0 Å². The van der Waals surface area contributed by atoms with Crippen LogP contribution in [0, 0.1) is 0 Å². The van der Waals surface area contributed by atoms with E-state index in [2.05, 4.69) is 0 Å². The lowest BCUT2D eigenvalue weighted by Gasteiger charge is -2.29. The fourth-order valence-corrected chi connectivity index (χ4v) is 4.02. The molecule has 2 unspecified atom stereocenters. The van der Waals surface area contributed by atoms with Crippen molar-refractivity contribution < 1.29 is 32.3 Å². The van der Waals surface area contributed by atoms with E-state index in [0.29, 0.717) is 22.6 Å². The highest BCUT2D eigenvalue weighted by Crippen LogP contribution is 2.44. The smallest absolute Gasteiger partial charge is 0.493 e. The number of rotatable bonds is 7. The van der Waals surface area contributed by atoms with E-state index in [9.17, 15) is 18.0 Å². The molecule has 0 N–H and O–H groups in total. The highest BCUT2D eigenvalue weighted by atomic mass is 19.4. The van der Waals surface area contributed by atoms with E-state index in [0.717, 1.165) is 10.6 Å². The topological polar surface area (TPSA) is 60.4 Å². The Kier molecular flexibility index (Phi) is 6.95. The number of alkyl halides is 3. The van der Waals surface area contributed by atoms with Crippen molar-refractivity contribution in [2.45, 2.75) is 24.7 Å². The first-order valence-electron chi connectivity index (χ1n) is 10.8. The van der Waals surface area contributed by atoms with Crippen molar-refractivity contribution in [3.8, 4) is 11.5 Å². The molecule has 2 atom stereocenters. The third-order valence-corrected chi connectivity index (χ3v) is 5.63. The van der Waals surface area contributed by atoms with E-state index in [1.807, 2.05) is 30.3 Å². The summed E-state index contributed by atoms with van der Waals surface area (Å²) in [5, 5.41) is 0.974. The Balaban J connectivity index is 1.82. The van der Waals surface area contributed by atoms with E-state index < -0.39 is 24.2 Å². The monoisotopic (exact) mass is 484 g/mol. The second kappa shape index (κ2) is 10.1. The summed E-state index contributed by atoms with van der Waals surface area (Å²) in [5.74, 6) is -1.14. The molecule has 0 fully saturated rings. The third kappa shape index (κ3) is 5.24. The quantitative estimate of drug-likeness (QED) is 0.446. The van der Waals surface area contributed by atoms with Gasteiger partial charge in [-0.1, -0.05) is 60.7 Å². The van der Waals surface area contributed by atoms with Gasteiger partial charge in [-0.2, -0.15) is 18.2 Å². The summed E-state index contributed by atoms with van der Waals surface area (Å²) >= 11 is 0. The molecule has 0 aliphatic carbocycles. The molecule has 4 rings (SSSR count). The molecule has 0 amide bonds. The normalized spacial score (nSPS) is 17.6. The van der Waals surface area contributed by atoms with Crippen molar-refractivity contribution in [3.63, 3.8) is 0 Å². The minimum Gasteiger partial charge on any atom is -0.497 e. The third-order valence-electron chi connectivity index (χ3n) is 5.63. The number of carbonyl (C=O) groups is 1. The average Bonchev–Trinajstić information content (AvgIpc) is 3.22. The van der Waals surface area contributed by atoms with Crippen LogP contribution in [0.5, 0.6) is 11.5 Å². The van der Waals surface area contributed by atoms with Gasteiger partial charge in [0.15, 0.2) is 0 Å². The van der Waals surface area contributed by atoms with Crippen LogP contribution >= 0.6 is 0 Å². The van der Waals surface area contributed by atoms with Crippen LogP contribution in [0.4, 0.5) is 13.2 Å². The minimum absolute atomic E-state index is 0.0399. The number of benzene rings is 3. The van der Waals surface area contributed by atoms with Crippen LogP contribution in [-0.4, -0.2) is 37.3 Å². The number of halogens is 3. The van der Waals surface area contributed by atoms with E-state index in [1.165, 1.54) is 14.2 Å². The highest BCUT2D eigenvalue weighted by Gasteiger charge is 2.47. The van der Waals surface area contributed by atoms with Gasteiger partial charge in [0.1, 0.15) is 29.4 Å². The molecule has 182 valence electrons. The minimum atomic E-state index is -5.18. The van der Waals surface area contributed by atoms with Gasteiger partial charge in [-0.3, -0.25) is 4.99 Å². The Labute approximate surface area is 200 Å². The van der Waals surface area contributed by atoms with Gasteiger partial charge in [0.25, 0.3) is 0 Å². The molecule has 9 heteroatoms.